The first-order chi connectivity index (χ1) is 8.97. The fraction of sp³-hybridized carbons (Fsp3) is 0.588. The quantitative estimate of drug-likeness (QED) is 0.268. The predicted molar refractivity (Wildman–Crippen MR) is 82.0 cm³/mol. The molecule has 0 unspecified atom stereocenters. The number of carbonyl (C=O) groups excluding carboxylic acids is 1. The van der Waals surface area contributed by atoms with Gasteiger partial charge in [-0.2, -0.15) is 0 Å². The third-order valence-electron chi connectivity index (χ3n) is 2.80. The lowest BCUT2D eigenvalue weighted by atomic mass is 10.1. The minimum Gasteiger partial charge on any atom is -0.463 e. The van der Waals surface area contributed by atoms with Crippen LogP contribution < -0.4 is 0 Å². The summed E-state index contributed by atoms with van der Waals surface area (Å²) in [6.07, 6.45) is 10.6. The van der Waals surface area contributed by atoms with E-state index in [1.54, 1.807) is 0 Å². The van der Waals surface area contributed by atoms with E-state index in [1.165, 1.54) is 11.1 Å². The summed E-state index contributed by atoms with van der Waals surface area (Å²) in [5.74, 6) is -0.202. The Morgan fingerprint density at radius 2 is 1.58 bits per heavy atom. The molecule has 0 amide bonds. The van der Waals surface area contributed by atoms with Gasteiger partial charge in [0.15, 0.2) is 0 Å². The van der Waals surface area contributed by atoms with Crippen LogP contribution in [0.1, 0.15) is 60.3 Å². The first-order valence-electron chi connectivity index (χ1n) is 7.10. The normalized spacial score (nSPS) is 12.3. The minimum atomic E-state index is -0.202. The van der Waals surface area contributed by atoms with E-state index in [0.717, 1.165) is 25.7 Å². The molecule has 0 radical (unpaired) electrons. The third-order valence-corrected chi connectivity index (χ3v) is 2.80. The van der Waals surface area contributed by atoms with Crippen LogP contribution in [0.15, 0.2) is 34.9 Å². The van der Waals surface area contributed by atoms with Crippen LogP contribution in [0.5, 0.6) is 0 Å². The molecule has 0 N–H and O–H groups in total. The lowest BCUT2D eigenvalue weighted by Crippen LogP contribution is -2.04. The zero-order valence-corrected chi connectivity index (χ0v) is 13.1. The Labute approximate surface area is 118 Å². The maximum atomic E-state index is 11.4. The number of allylic oxidation sites excluding steroid dienone is 5. The summed E-state index contributed by atoms with van der Waals surface area (Å²) in [5, 5.41) is 0. The molecule has 2 heteroatoms. The molecule has 0 saturated heterocycles. The van der Waals surface area contributed by atoms with E-state index >= 15 is 0 Å². The molecule has 0 aliphatic carbocycles. The topological polar surface area (TPSA) is 26.3 Å². The van der Waals surface area contributed by atoms with Crippen molar-refractivity contribution < 1.29 is 9.53 Å². The smallest absolute Gasteiger partial charge is 0.333 e. The fourth-order valence-corrected chi connectivity index (χ4v) is 1.65. The van der Waals surface area contributed by atoms with Crippen LogP contribution in [0.4, 0.5) is 0 Å². The second-order valence-corrected chi connectivity index (χ2v) is 5.06. The summed E-state index contributed by atoms with van der Waals surface area (Å²) in [6, 6.07) is 0. The van der Waals surface area contributed by atoms with Crippen LogP contribution in [0.2, 0.25) is 0 Å². The fourth-order valence-electron chi connectivity index (χ4n) is 1.65. The van der Waals surface area contributed by atoms with Gasteiger partial charge in [-0.05, 0) is 60.3 Å². The van der Waals surface area contributed by atoms with E-state index in [1.807, 2.05) is 19.9 Å². The molecule has 0 aromatic carbocycles. The molecule has 0 fully saturated rings. The SMILES string of the molecule is CCOC(=O)/C(C)=C/CC/C=C(\C)CCC=C(C)C. The largest absolute Gasteiger partial charge is 0.463 e. The Morgan fingerprint density at radius 1 is 0.947 bits per heavy atom. The molecule has 0 aromatic heterocycles. The maximum absolute atomic E-state index is 11.4. The Kier molecular flexibility index (Phi) is 9.87. The lowest BCUT2D eigenvalue weighted by Gasteiger charge is -2.01. The molecule has 0 bridgehead atoms. The molecular weight excluding hydrogens is 236 g/mol. The molecule has 0 aliphatic heterocycles. The van der Waals surface area contributed by atoms with Crippen LogP contribution >= 0.6 is 0 Å². The summed E-state index contributed by atoms with van der Waals surface area (Å²) in [5.41, 5.74) is 3.50. The minimum absolute atomic E-state index is 0.202. The van der Waals surface area contributed by atoms with Gasteiger partial charge in [-0.25, -0.2) is 4.79 Å². The van der Waals surface area contributed by atoms with Crippen molar-refractivity contribution in [3.63, 3.8) is 0 Å². The Morgan fingerprint density at radius 3 is 2.16 bits per heavy atom. The average Bonchev–Trinajstić information content (AvgIpc) is 2.34. The van der Waals surface area contributed by atoms with Crippen molar-refractivity contribution in [2.75, 3.05) is 6.61 Å². The first-order valence-corrected chi connectivity index (χ1v) is 7.10. The highest BCUT2D eigenvalue weighted by atomic mass is 16.5. The van der Waals surface area contributed by atoms with Crippen molar-refractivity contribution in [3.8, 4) is 0 Å². The number of unbranched alkanes of at least 4 members (excludes halogenated alkanes) is 1. The summed E-state index contributed by atoms with van der Waals surface area (Å²) >= 11 is 0. The number of hydrogen-bond acceptors (Lipinski definition) is 2. The number of rotatable bonds is 8. The van der Waals surface area contributed by atoms with Crippen LogP contribution in [0.25, 0.3) is 0 Å². The van der Waals surface area contributed by atoms with Gasteiger partial charge in [0.25, 0.3) is 0 Å². The van der Waals surface area contributed by atoms with Gasteiger partial charge in [0, 0.05) is 5.57 Å². The standard InChI is InChI=1S/C17H28O2/c1-6-19-17(18)16(5)13-8-7-11-15(4)12-9-10-14(2)3/h10-11,13H,6-9,12H2,1-5H3/b15-11+,16-13+. The van der Waals surface area contributed by atoms with E-state index in [4.69, 9.17) is 4.74 Å². The van der Waals surface area contributed by atoms with E-state index in [-0.39, 0.29) is 5.97 Å². The van der Waals surface area contributed by atoms with Gasteiger partial charge >= 0.3 is 5.97 Å². The van der Waals surface area contributed by atoms with E-state index < -0.39 is 0 Å². The van der Waals surface area contributed by atoms with Crippen molar-refractivity contribution in [1.82, 2.24) is 0 Å². The summed E-state index contributed by atoms with van der Waals surface area (Å²) < 4.78 is 4.93. The molecular formula is C17H28O2. The van der Waals surface area contributed by atoms with Gasteiger partial charge in [0.1, 0.15) is 0 Å². The van der Waals surface area contributed by atoms with Crippen molar-refractivity contribution in [3.05, 3.63) is 34.9 Å². The number of esters is 1. The van der Waals surface area contributed by atoms with Gasteiger partial charge in [0.2, 0.25) is 0 Å². The molecule has 0 rings (SSSR count). The highest BCUT2D eigenvalue weighted by Gasteiger charge is 2.02. The highest BCUT2D eigenvalue weighted by Crippen LogP contribution is 2.09. The Bertz CT molecular complexity index is 355. The van der Waals surface area contributed by atoms with Crippen LogP contribution in [0, 0.1) is 0 Å². The second kappa shape index (κ2) is 10.6. The molecule has 0 aromatic rings. The van der Waals surface area contributed by atoms with Crippen LogP contribution in [-0.4, -0.2) is 12.6 Å². The summed E-state index contributed by atoms with van der Waals surface area (Å²) in [6.45, 7) is 10.5. The zero-order chi connectivity index (χ0) is 14.7. The molecule has 0 saturated carbocycles. The van der Waals surface area contributed by atoms with Gasteiger partial charge in [-0.1, -0.05) is 29.4 Å². The predicted octanol–water partition coefficient (Wildman–Crippen LogP) is 4.97. The average molecular weight is 264 g/mol. The van der Waals surface area contributed by atoms with Gasteiger partial charge in [0.05, 0.1) is 6.61 Å². The molecule has 0 heterocycles. The molecule has 0 spiro atoms. The molecule has 108 valence electrons. The van der Waals surface area contributed by atoms with Crippen molar-refractivity contribution in [2.45, 2.75) is 60.3 Å². The van der Waals surface area contributed by atoms with E-state index in [2.05, 4.69) is 32.9 Å². The Hall–Kier alpha value is -1.31. The van der Waals surface area contributed by atoms with Crippen molar-refractivity contribution in [2.24, 2.45) is 0 Å². The number of ether oxygens (including phenoxy) is 1. The zero-order valence-electron chi connectivity index (χ0n) is 13.1. The lowest BCUT2D eigenvalue weighted by molar-refractivity contribution is -0.138. The highest BCUT2D eigenvalue weighted by molar-refractivity contribution is 5.87. The van der Waals surface area contributed by atoms with Crippen LogP contribution in [-0.2, 0) is 9.53 Å². The number of hydrogen-bond donors (Lipinski definition) is 0. The summed E-state index contributed by atoms with van der Waals surface area (Å²) in [7, 11) is 0. The van der Waals surface area contributed by atoms with Crippen LogP contribution in [0.3, 0.4) is 0 Å². The first kappa shape index (κ1) is 17.7. The number of carbonyl (C=O) groups is 1. The van der Waals surface area contributed by atoms with E-state index in [9.17, 15) is 4.79 Å². The molecule has 2 nitrogen and oxygen atoms in total. The maximum Gasteiger partial charge on any atom is 0.333 e. The Balaban J connectivity index is 3.97. The van der Waals surface area contributed by atoms with Crippen molar-refractivity contribution in [1.29, 1.82) is 0 Å². The third kappa shape index (κ3) is 10.3. The monoisotopic (exact) mass is 264 g/mol. The van der Waals surface area contributed by atoms with Gasteiger partial charge in [-0.3, -0.25) is 0 Å². The summed E-state index contributed by atoms with van der Waals surface area (Å²) in [4.78, 5) is 11.4. The molecule has 19 heavy (non-hydrogen) atoms. The second-order valence-electron chi connectivity index (χ2n) is 5.06. The van der Waals surface area contributed by atoms with Crippen molar-refractivity contribution >= 4 is 5.97 Å². The van der Waals surface area contributed by atoms with E-state index in [0.29, 0.717) is 12.2 Å². The van der Waals surface area contributed by atoms with Gasteiger partial charge in [-0.15, -0.1) is 0 Å². The van der Waals surface area contributed by atoms with Gasteiger partial charge < -0.3 is 4.74 Å². The molecule has 0 atom stereocenters. The molecule has 0 aliphatic rings.